The van der Waals surface area contributed by atoms with Crippen molar-refractivity contribution < 1.29 is 19.3 Å². The minimum atomic E-state index is -0.150. The monoisotopic (exact) mass is 594 g/mol. The lowest BCUT2D eigenvalue weighted by Crippen LogP contribution is -2.51. The van der Waals surface area contributed by atoms with Crippen molar-refractivity contribution in [2.24, 2.45) is 46.3 Å². The molecule has 6 nitrogen and oxygen atoms in total. The number of fused-ring (bicyclic) bond motifs is 5. The SMILES string of the molecule is CC(C)CCCC(C)C1CCC2C3CC=C4CC(OC(=O)CCCOOc5cc(N)ccc5N)CCC4(C)C3CCC12C. The standard InChI is InChI=1S/C37H58N2O4/c1-24(2)8-6-9-25(3)30-14-15-31-29-13-11-26-22-28(17-19-36(26,4)32(29)18-20-37(30,31)5)42-35(40)10-7-21-41-43-34-23-27(38)12-16-33(34)39/h11-12,16,23-25,28-32H,6-10,13-15,17-22,38-39H2,1-5H3. The Morgan fingerprint density at radius 2 is 1.81 bits per heavy atom. The lowest BCUT2D eigenvalue weighted by Gasteiger charge is -2.58. The van der Waals surface area contributed by atoms with Gasteiger partial charge in [-0.25, -0.2) is 0 Å². The van der Waals surface area contributed by atoms with Gasteiger partial charge in [-0.2, -0.15) is 4.89 Å². The summed E-state index contributed by atoms with van der Waals surface area (Å²) in [7, 11) is 0. The summed E-state index contributed by atoms with van der Waals surface area (Å²) in [6.45, 7) is 12.8. The van der Waals surface area contributed by atoms with Gasteiger partial charge in [0.25, 0.3) is 0 Å². The number of carbonyl (C=O) groups is 1. The van der Waals surface area contributed by atoms with E-state index in [9.17, 15) is 4.79 Å². The number of esters is 1. The zero-order valence-corrected chi connectivity index (χ0v) is 27.5. The molecule has 3 saturated carbocycles. The highest BCUT2D eigenvalue weighted by molar-refractivity contribution is 5.69. The molecule has 1 aromatic carbocycles. The molecule has 0 saturated heterocycles. The Morgan fingerprint density at radius 1 is 1.00 bits per heavy atom. The van der Waals surface area contributed by atoms with Crippen molar-refractivity contribution in [1.29, 1.82) is 0 Å². The number of carbonyl (C=O) groups excluding carboxylic acids is 1. The third-order valence-electron chi connectivity index (χ3n) is 12.4. The number of anilines is 2. The van der Waals surface area contributed by atoms with Crippen molar-refractivity contribution in [3.05, 3.63) is 29.8 Å². The van der Waals surface area contributed by atoms with Crippen LogP contribution in [0.5, 0.6) is 5.75 Å². The van der Waals surface area contributed by atoms with Gasteiger partial charge in [-0.05, 0) is 110 Å². The number of nitrogen functional groups attached to an aromatic ring is 2. The van der Waals surface area contributed by atoms with E-state index >= 15 is 0 Å². The topological polar surface area (TPSA) is 96.8 Å². The van der Waals surface area contributed by atoms with Crippen LogP contribution in [0, 0.1) is 46.3 Å². The van der Waals surface area contributed by atoms with Crippen LogP contribution < -0.4 is 16.4 Å². The van der Waals surface area contributed by atoms with Crippen LogP contribution in [-0.2, 0) is 14.4 Å². The normalized spacial score (nSPS) is 34.1. The highest BCUT2D eigenvalue weighted by Gasteiger charge is 2.59. The van der Waals surface area contributed by atoms with Gasteiger partial charge in [0.1, 0.15) is 6.10 Å². The van der Waals surface area contributed by atoms with Gasteiger partial charge in [0.05, 0.1) is 12.3 Å². The Morgan fingerprint density at radius 3 is 2.60 bits per heavy atom. The average molecular weight is 595 g/mol. The predicted octanol–water partition coefficient (Wildman–Crippen LogP) is 8.89. The van der Waals surface area contributed by atoms with E-state index in [1.165, 1.54) is 51.4 Å². The van der Waals surface area contributed by atoms with Gasteiger partial charge in [-0.15, -0.1) is 0 Å². The second kappa shape index (κ2) is 13.4. The molecule has 8 atom stereocenters. The molecule has 4 aliphatic rings. The highest BCUT2D eigenvalue weighted by atomic mass is 17.2. The van der Waals surface area contributed by atoms with Gasteiger partial charge >= 0.3 is 5.97 Å². The molecule has 0 aliphatic heterocycles. The van der Waals surface area contributed by atoms with E-state index in [1.807, 2.05) is 0 Å². The summed E-state index contributed by atoms with van der Waals surface area (Å²) in [4.78, 5) is 23.2. The molecule has 0 heterocycles. The van der Waals surface area contributed by atoms with E-state index in [4.69, 9.17) is 26.0 Å². The van der Waals surface area contributed by atoms with Crippen molar-refractivity contribution >= 4 is 17.3 Å². The number of benzene rings is 1. The van der Waals surface area contributed by atoms with E-state index < -0.39 is 0 Å². The smallest absolute Gasteiger partial charge is 0.306 e. The van der Waals surface area contributed by atoms with Crippen molar-refractivity contribution in [1.82, 2.24) is 0 Å². The molecule has 43 heavy (non-hydrogen) atoms. The average Bonchev–Trinajstić information content (AvgIpc) is 3.32. The van der Waals surface area contributed by atoms with E-state index in [2.05, 4.69) is 40.7 Å². The molecule has 0 amide bonds. The Labute approximate surface area is 260 Å². The fourth-order valence-corrected chi connectivity index (χ4v) is 10.0. The van der Waals surface area contributed by atoms with Gasteiger partial charge in [-0.1, -0.05) is 65.5 Å². The Kier molecular flexibility index (Phi) is 10.0. The fraction of sp³-hybridized carbons (Fsp3) is 0.757. The zero-order valence-electron chi connectivity index (χ0n) is 27.5. The summed E-state index contributed by atoms with van der Waals surface area (Å²) < 4.78 is 5.98. The lowest BCUT2D eigenvalue weighted by atomic mass is 9.47. The third kappa shape index (κ3) is 6.89. The van der Waals surface area contributed by atoms with E-state index in [0.29, 0.717) is 35.4 Å². The second-order valence-corrected chi connectivity index (χ2v) is 15.5. The number of allylic oxidation sites excluding steroid dienone is 1. The van der Waals surface area contributed by atoms with Crippen molar-refractivity contribution in [2.75, 3.05) is 18.1 Å². The molecule has 1 aromatic rings. The van der Waals surface area contributed by atoms with Crippen LogP contribution in [0.2, 0.25) is 0 Å². The Bertz CT molecular complexity index is 1150. The summed E-state index contributed by atoms with van der Waals surface area (Å²) in [5.74, 6) is 5.27. The molecular formula is C37H58N2O4. The maximum absolute atomic E-state index is 12.7. The molecule has 0 aromatic heterocycles. The van der Waals surface area contributed by atoms with Crippen LogP contribution in [-0.4, -0.2) is 18.7 Å². The molecule has 0 bridgehead atoms. The summed E-state index contributed by atoms with van der Waals surface area (Å²) in [6, 6.07) is 5.00. The molecule has 4 N–H and O–H groups in total. The van der Waals surface area contributed by atoms with E-state index in [1.54, 1.807) is 23.8 Å². The first-order valence-corrected chi connectivity index (χ1v) is 17.3. The first-order chi connectivity index (χ1) is 20.5. The molecule has 5 rings (SSSR count). The lowest BCUT2D eigenvalue weighted by molar-refractivity contribution is -0.207. The Hall–Kier alpha value is -2.21. The van der Waals surface area contributed by atoms with Gasteiger partial charge in [-0.3, -0.25) is 4.79 Å². The van der Waals surface area contributed by atoms with Crippen LogP contribution in [0.25, 0.3) is 0 Å². The fourth-order valence-electron chi connectivity index (χ4n) is 10.0. The number of ether oxygens (including phenoxy) is 1. The van der Waals surface area contributed by atoms with Gasteiger partial charge in [0, 0.05) is 24.6 Å². The largest absolute Gasteiger partial charge is 0.462 e. The Balaban J connectivity index is 1.10. The summed E-state index contributed by atoms with van der Waals surface area (Å²) in [5, 5.41) is 0. The molecule has 240 valence electrons. The molecule has 4 aliphatic carbocycles. The minimum absolute atomic E-state index is 0.0101. The first-order valence-electron chi connectivity index (χ1n) is 17.3. The van der Waals surface area contributed by atoms with Gasteiger partial charge < -0.3 is 21.1 Å². The summed E-state index contributed by atoms with van der Waals surface area (Å²) >= 11 is 0. The quantitative estimate of drug-likeness (QED) is 0.0626. The van der Waals surface area contributed by atoms with Crippen molar-refractivity contribution in [3.8, 4) is 5.75 Å². The van der Waals surface area contributed by atoms with Crippen molar-refractivity contribution in [3.63, 3.8) is 0 Å². The van der Waals surface area contributed by atoms with Crippen LogP contribution >= 0.6 is 0 Å². The van der Waals surface area contributed by atoms with E-state index in [-0.39, 0.29) is 24.1 Å². The predicted molar refractivity (Wildman–Crippen MR) is 174 cm³/mol. The number of nitrogens with two attached hydrogens (primary N) is 2. The molecule has 8 unspecified atom stereocenters. The maximum Gasteiger partial charge on any atom is 0.306 e. The van der Waals surface area contributed by atoms with Gasteiger partial charge in [0.15, 0.2) is 5.75 Å². The highest BCUT2D eigenvalue weighted by Crippen LogP contribution is 2.67. The van der Waals surface area contributed by atoms with E-state index in [0.717, 1.165) is 54.8 Å². The van der Waals surface area contributed by atoms with Crippen LogP contribution in [0.1, 0.15) is 118 Å². The zero-order chi connectivity index (χ0) is 30.8. The maximum atomic E-state index is 12.7. The minimum Gasteiger partial charge on any atom is -0.462 e. The van der Waals surface area contributed by atoms with Crippen LogP contribution in [0.15, 0.2) is 29.8 Å². The molecule has 0 radical (unpaired) electrons. The summed E-state index contributed by atoms with van der Waals surface area (Å²) in [6.07, 6.45) is 17.4. The molecular weight excluding hydrogens is 536 g/mol. The van der Waals surface area contributed by atoms with Crippen molar-refractivity contribution in [2.45, 2.75) is 124 Å². The first kappa shape index (κ1) is 32.2. The van der Waals surface area contributed by atoms with Crippen LogP contribution in [0.4, 0.5) is 11.4 Å². The number of hydrogen-bond acceptors (Lipinski definition) is 6. The number of hydrogen-bond donors (Lipinski definition) is 2. The van der Waals surface area contributed by atoms with Crippen LogP contribution in [0.3, 0.4) is 0 Å². The molecule has 6 heteroatoms. The van der Waals surface area contributed by atoms with Gasteiger partial charge in [0.2, 0.25) is 0 Å². The second-order valence-electron chi connectivity index (χ2n) is 15.5. The molecule has 3 fully saturated rings. The third-order valence-corrected chi connectivity index (χ3v) is 12.4. The number of rotatable bonds is 12. The summed E-state index contributed by atoms with van der Waals surface area (Å²) in [5.41, 5.74) is 15.0. The molecule has 0 spiro atoms.